The molecule has 7 heteroatoms. The number of benzene rings is 1. The van der Waals surface area contributed by atoms with Gasteiger partial charge >= 0.3 is 5.97 Å². The molecule has 1 fully saturated rings. The van der Waals surface area contributed by atoms with Crippen molar-refractivity contribution in [3.63, 3.8) is 0 Å². The Morgan fingerprint density at radius 2 is 2.08 bits per heavy atom. The molecule has 2 heterocycles. The molecular weight excluding hydrogens is 310 g/mol. The number of carboxylic acid groups (broad SMARTS) is 1. The lowest BCUT2D eigenvalue weighted by molar-refractivity contribution is -0.139. The van der Waals surface area contributed by atoms with Crippen LogP contribution in [-0.4, -0.2) is 57.5 Å². The number of morpholine rings is 1. The summed E-state index contributed by atoms with van der Waals surface area (Å²) < 4.78 is 7.12. The second kappa shape index (κ2) is 7.27. The molecule has 1 atom stereocenters. The maximum atomic E-state index is 12.7. The molecule has 0 saturated carbocycles. The van der Waals surface area contributed by atoms with Gasteiger partial charge in [0.1, 0.15) is 0 Å². The lowest BCUT2D eigenvalue weighted by Crippen LogP contribution is -2.49. The van der Waals surface area contributed by atoms with Gasteiger partial charge in [-0.2, -0.15) is 5.10 Å². The van der Waals surface area contributed by atoms with Crippen molar-refractivity contribution < 1.29 is 19.4 Å². The van der Waals surface area contributed by atoms with Gasteiger partial charge < -0.3 is 14.7 Å². The molecule has 7 nitrogen and oxygen atoms in total. The highest BCUT2D eigenvalue weighted by Gasteiger charge is 2.29. The van der Waals surface area contributed by atoms with Crippen molar-refractivity contribution in [3.05, 3.63) is 53.9 Å². The summed E-state index contributed by atoms with van der Waals surface area (Å²) >= 11 is 0. The number of carboxylic acids is 1. The average Bonchev–Trinajstić information content (AvgIpc) is 3.08. The predicted octanol–water partition coefficient (Wildman–Crippen LogP) is 1.25. The molecule has 1 aliphatic rings. The van der Waals surface area contributed by atoms with E-state index < -0.39 is 12.0 Å². The van der Waals surface area contributed by atoms with E-state index in [0.717, 1.165) is 5.56 Å². The molecule has 1 aromatic carbocycles. The first-order chi connectivity index (χ1) is 11.6. The third-order valence-electron chi connectivity index (χ3n) is 4.00. The van der Waals surface area contributed by atoms with Crippen molar-refractivity contribution in [2.75, 3.05) is 19.8 Å². The van der Waals surface area contributed by atoms with Crippen LogP contribution in [0.25, 0.3) is 0 Å². The van der Waals surface area contributed by atoms with E-state index in [4.69, 9.17) is 9.84 Å². The van der Waals surface area contributed by atoms with Crippen LogP contribution in [0.15, 0.2) is 42.7 Å². The SMILES string of the molecule is O=C(O)C[C@@H]1COCCN1C(=O)c1ccc(Cn2cccn2)cc1. The minimum Gasteiger partial charge on any atom is -0.481 e. The summed E-state index contributed by atoms with van der Waals surface area (Å²) in [5.74, 6) is -1.09. The van der Waals surface area contributed by atoms with Crippen molar-refractivity contribution in [3.8, 4) is 0 Å². The quantitative estimate of drug-likeness (QED) is 0.892. The minimum atomic E-state index is -0.933. The first-order valence-electron chi connectivity index (χ1n) is 7.80. The molecule has 24 heavy (non-hydrogen) atoms. The van der Waals surface area contributed by atoms with E-state index in [1.165, 1.54) is 0 Å². The summed E-state index contributed by atoms with van der Waals surface area (Å²) in [4.78, 5) is 25.2. The molecule has 0 spiro atoms. The fourth-order valence-electron chi connectivity index (χ4n) is 2.79. The number of carbonyl (C=O) groups is 2. The standard InChI is InChI=1S/C17H19N3O4/c21-16(22)10-15-12-24-9-8-20(15)17(23)14-4-2-13(3-5-14)11-19-7-1-6-18-19/h1-7,15H,8-12H2,(H,21,22)/t15-/m1/s1. The fraction of sp³-hybridized carbons (Fsp3) is 0.353. The van der Waals surface area contributed by atoms with Crippen LogP contribution in [0.2, 0.25) is 0 Å². The molecule has 1 N–H and O–H groups in total. The molecule has 1 aliphatic heterocycles. The number of nitrogens with zero attached hydrogens (tertiary/aromatic N) is 3. The van der Waals surface area contributed by atoms with Gasteiger partial charge in [0.05, 0.1) is 32.2 Å². The van der Waals surface area contributed by atoms with Gasteiger partial charge in [-0.05, 0) is 23.8 Å². The van der Waals surface area contributed by atoms with Gasteiger partial charge in [0.2, 0.25) is 0 Å². The molecule has 0 aliphatic carbocycles. The summed E-state index contributed by atoms with van der Waals surface area (Å²) in [5, 5.41) is 13.1. The summed E-state index contributed by atoms with van der Waals surface area (Å²) in [6.45, 7) is 1.74. The molecule has 1 saturated heterocycles. The zero-order valence-electron chi connectivity index (χ0n) is 13.2. The highest BCUT2D eigenvalue weighted by molar-refractivity contribution is 5.94. The Hall–Kier alpha value is -2.67. The van der Waals surface area contributed by atoms with E-state index in [0.29, 0.717) is 25.3 Å². The number of carbonyl (C=O) groups excluding carboxylic acids is 1. The number of ether oxygens (including phenoxy) is 1. The van der Waals surface area contributed by atoms with Crippen molar-refractivity contribution in [1.29, 1.82) is 0 Å². The smallest absolute Gasteiger partial charge is 0.305 e. The average molecular weight is 329 g/mol. The lowest BCUT2D eigenvalue weighted by Gasteiger charge is -2.34. The number of aliphatic carboxylic acids is 1. The molecular formula is C17H19N3O4. The normalized spacial score (nSPS) is 17.7. The molecule has 3 rings (SSSR count). The predicted molar refractivity (Wildman–Crippen MR) is 85.7 cm³/mol. The number of hydrogen-bond acceptors (Lipinski definition) is 4. The zero-order valence-corrected chi connectivity index (χ0v) is 13.2. The highest BCUT2D eigenvalue weighted by atomic mass is 16.5. The molecule has 0 radical (unpaired) electrons. The van der Waals surface area contributed by atoms with Gasteiger partial charge in [-0.15, -0.1) is 0 Å². The van der Waals surface area contributed by atoms with E-state index >= 15 is 0 Å². The minimum absolute atomic E-state index is 0.108. The van der Waals surface area contributed by atoms with Gasteiger partial charge in [0, 0.05) is 24.5 Å². The Balaban J connectivity index is 1.70. The Labute approximate surface area is 139 Å². The number of aromatic nitrogens is 2. The third-order valence-corrected chi connectivity index (χ3v) is 4.00. The second-order valence-electron chi connectivity index (χ2n) is 5.73. The van der Waals surface area contributed by atoms with E-state index in [9.17, 15) is 9.59 Å². The monoisotopic (exact) mass is 329 g/mol. The van der Waals surface area contributed by atoms with Gasteiger partial charge in [-0.25, -0.2) is 0 Å². The van der Waals surface area contributed by atoms with E-state index in [2.05, 4.69) is 5.10 Å². The van der Waals surface area contributed by atoms with Crippen LogP contribution in [0.4, 0.5) is 0 Å². The van der Waals surface area contributed by atoms with Crippen LogP contribution in [0.3, 0.4) is 0 Å². The number of rotatable bonds is 5. The molecule has 126 valence electrons. The Bertz CT molecular complexity index is 697. The highest BCUT2D eigenvalue weighted by Crippen LogP contribution is 2.16. The van der Waals surface area contributed by atoms with Crippen LogP contribution < -0.4 is 0 Å². The summed E-state index contributed by atoms with van der Waals surface area (Å²) in [5.41, 5.74) is 1.59. The van der Waals surface area contributed by atoms with E-state index in [-0.39, 0.29) is 18.9 Å². The van der Waals surface area contributed by atoms with E-state index in [1.54, 1.807) is 23.2 Å². The van der Waals surface area contributed by atoms with Crippen molar-refractivity contribution >= 4 is 11.9 Å². The summed E-state index contributed by atoms with van der Waals surface area (Å²) in [6.07, 6.45) is 3.49. The van der Waals surface area contributed by atoms with Gasteiger partial charge in [-0.3, -0.25) is 14.3 Å². The molecule has 2 aromatic rings. The Morgan fingerprint density at radius 3 is 2.75 bits per heavy atom. The van der Waals surface area contributed by atoms with Gasteiger partial charge in [0.25, 0.3) is 5.91 Å². The first-order valence-corrected chi connectivity index (χ1v) is 7.80. The third kappa shape index (κ3) is 3.80. The molecule has 1 aromatic heterocycles. The van der Waals surface area contributed by atoms with Crippen molar-refractivity contribution in [2.45, 2.75) is 19.0 Å². The maximum Gasteiger partial charge on any atom is 0.305 e. The van der Waals surface area contributed by atoms with Crippen LogP contribution in [0, 0.1) is 0 Å². The maximum absolute atomic E-state index is 12.7. The number of amides is 1. The molecule has 0 unspecified atom stereocenters. The van der Waals surface area contributed by atoms with Crippen molar-refractivity contribution in [2.24, 2.45) is 0 Å². The van der Waals surface area contributed by atoms with Crippen LogP contribution in [-0.2, 0) is 16.1 Å². The molecule has 1 amide bonds. The summed E-state index contributed by atoms with van der Waals surface area (Å²) in [6, 6.07) is 8.76. The zero-order chi connectivity index (χ0) is 16.9. The largest absolute Gasteiger partial charge is 0.481 e. The first kappa shape index (κ1) is 16.2. The van der Waals surface area contributed by atoms with Crippen LogP contribution in [0.1, 0.15) is 22.3 Å². The van der Waals surface area contributed by atoms with Crippen molar-refractivity contribution in [1.82, 2.24) is 14.7 Å². The Morgan fingerprint density at radius 1 is 1.29 bits per heavy atom. The topological polar surface area (TPSA) is 84.7 Å². The van der Waals surface area contributed by atoms with Crippen LogP contribution >= 0.6 is 0 Å². The second-order valence-corrected chi connectivity index (χ2v) is 5.73. The number of hydrogen-bond donors (Lipinski definition) is 1. The van der Waals surface area contributed by atoms with Gasteiger partial charge in [0.15, 0.2) is 0 Å². The molecule has 0 bridgehead atoms. The summed E-state index contributed by atoms with van der Waals surface area (Å²) in [7, 11) is 0. The van der Waals surface area contributed by atoms with Crippen LogP contribution in [0.5, 0.6) is 0 Å². The fourth-order valence-corrected chi connectivity index (χ4v) is 2.79. The Kier molecular flexibility index (Phi) is 4.90. The lowest BCUT2D eigenvalue weighted by atomic mass is 10.1. The van der Waals surface area contributed by atoms with E-state index in [1.807, 2.05) is 29.1 Å². The van der Waals surface area contributed by atoms with Gasteiger partial charge in [-0.1, -0.05) is 12.1 Å².